The van der Waals surface area contributed by atoms with Crippen LogP contribution in [0, 0.1) is 0 Å². The molecule has 3 aromatic rings. The highest BCUT2D eigenvalue weighted by molar-refractivity contribution is 7.99. The molecule has 0 saturated carbocycles. The molecule has 0 fully saturated rings. The second kappa shape index (κ2) is 7.27. The van der Waals surface area contributed by atoms with Crippen LogP contribution in [-0.2, 0) is 11.8 Å². The van der Waals surface area contributed by atoms with Crippen molar-refractivity contribution in [3.8, 4) is 17.1 Å². The number of hydrogen-bond acceptors (Lipinski definition) is 5. The lowest BCUT2D eigenvalue weighted by molar-refractivity contribution is -0.764. The minimum atomic E-state index is -0.552. The van der Waals surface area contributed by atoms with Crippen LogP contribution < -0.4 is 14.7 Å². The summed E-state index contributed by atoms with van der Waals surface area (Å²) in [6.07, 6.45) is 1.71. The van der Waals surface area contributed by atoms with Gasteiger partial charge in [0.05, 0.1) is 17.1 Å². The first-order chi connectivity index (χ1) is 13.6. The third-order valence-electron chi connectivity index (χ3n) is 4.81. The van der Waals surface area contributed by atoms with Crippen molar-refractivity contribution >= 4 is 23.4 Å². The zero-order chi connectivity index (χ0) is 19.8. The summed E-state index contributed by atoms with van der Waals surface area (Å²) in [6.45, 7) is 3.82. The molecule has 144 valence electrons. The summed E-state index contributed by atoms with van der Waals surface area (Å²) < 4.78 is 3.61. The normalized spacial score (nSPS) is 15.2. The number of aromatic nitrogens is 4. The number of aryl methyl sites for hydroxylation is 1. The van der Waals surface area contributed by atoms with Gasteiger partial charge < -0.3 is 9.67 Å². The third-order valence-corrected chi connectivity index (χ3v) is 5.53. The molecule has 0 spiro atoms. The smallest absolute Gasteiger partial charge is 0.307 e. The van der Waals surface area contributed by atoms with Gasteiger partial charge in [0, 0.05) is 24.8 Å². The number of para-hydroxylation sites is 1. The lowest BCUT2D eigenvalue weighted by atomic mass is 10.0. The van der Waals surface area contributed by atoms with Crippen LogP contribution >= 0.6 is 11.8 Å². The van der Waals surface area contributed by atoms with E-state index in [9.17, 15) is 9.90 Å². The van der Waals surface area contributed by atoms with Crippen molar-refractivity contribution in [2.45, 2.75) is 31.6 Å². The summed E-state index contributed by atoms with van der Waals surface area (Å²) in [4.78, 5) is 18.9. The van der Waals surface area contributed by atoms with Crippen LogP contribution in [0.5, 0.6) is 5.88 Å². The highest BCUT2D eigenvalue weighted by Gasteiger charge is 2.45. The summed E-state index contributed by atoms with van der Waals surface area (Å²) >= 11 is 1.41. The Hall–Kier alpha value is -2.87. The molecule has 1 aromatic carbocycles. The summed E-state index contributed by atoms with van der Waals surface area (Å²) in [5, 5.41) is 18.1. The van der Waals surface area contributed by atoms with Crippen molar-refractivity contribution in [1.82, 2.24) is 14.6 Å². The van der Waals surface area contributed by atoms with Crippen molar-refractivity contribution in [2.24, 2.45) is 7.05 Å². The number of amides is 1. The van der Waals surface area contributed by atoms with Crippen molar-refractivity contribution in [2.75, 3.05) is 10.7 Å². The highest BCUT2D eigenvalue weighted by Crippen LogP contribution is 2.41. The Kier molecular flexibility index (Phi) is 4.80. The zero-order valence-corrected chi connectivity index (χ0v) is 16.8. The van der Waals surface area contributed by atoms with E-state index in [0.29, 0.717) is 28.5 Å². The zero-order valence-electron chi connectivity index (χ0n) is 16.0. The maximum absolute atomic E-state index is 13.0. The minimum absolute atomic E-state index is 0.0347. The average Bonchev–Trinajstić information content (AvgIpc) is 3.11. The first-order valence-electron chi connectivity index (χ1n) is 9.23. The van der Waals surface area contributed by atoms with Gasteiger partial charge in [-0.2, -0.15) is 0 Å². The number of carbonyl (C=O) groups is 1. The monoisotopic (exact) mass is 395 g/mol. The average molecular weight is 395 g/mol. The Labute approximate surface area is 167 Å². The first-order valence-corrected chi connectivity index (χ1v) is 10.2. The number of fused-ring (bicyclic) bond motifs is 3. The van der Waals surface area contributed by atoms with E-state index in [0.717, 1.165) is 11.4 Å². The largest absolute Gasteiger partial charge is 0.854 e. The second-order valence-electron chi connectivity index (χ2n) is 6.48. The fraction of sp³-hybridized carbons (Fsp3) is 0.300. The Morgan fingerprint density at radius 2 is 2.04 bits per heavy atom. The van der Waals surface area contributed by atoms with Gasteiger partial charge in [-0.1, -0.05) is 42.4 Å². The molecule has 1 aliphatic rings. The number of benzene rings is 1. The molecule has 4 rings (SSSR count). The Morgan fingerprint density at radius 3 is 2.71 bits per heavy atom. The number of hydrogen-bond donors (Lipinski definition) is 0. The number of nitrogens with zero attached hydrogens (tertiary/aromatic N) is 5. The highest BCUT2D eigenvalue weighted by atomic mass is 32.2. The fourth-order valence-electron chi connectivity index (χ4n) is 3.57. The molecular formula is C20H21N5O2S. The molecule has 1 atom stereocenters. The topological polar surface area (TPSA) is 78.0 Å². The number of anilines is 1. The molecule has 0 aliphatic carbocycles. The van der Waals surface area contributed by atoms with E-state index >= 15 is 0 Å². The summed E-state index contributed by atoms with van der Waals surface area (Å²) in [7, 11) is 1.92. The van der Waals surface area contributed by atoms with Gasteiger partial charge in [-0.05, 0) is 30.0 Å². The molecule has 8 heteroatoms. The lowest BCUT2D eigenvalue weighted by Crippen LogP contribution is -2.59. The van der Waals surface area contributed by atoms with Crippen LogP contribution in [0.2, 0.25) is 0 Å². The van der Waals surface area contributed by atoms with E-state index in [1.807, 2.05) is 68.1 Å². The molecule has 0 bridgehead atoms. The van der Waals surface area contributed by atoms with Crippen LogP contribution in [0.25, 0.3) is 11.3 Å². The van der Waals surface area contributed by atoms with Gasteiger partial charge in [0.25, 0.3) is 10.9 Å². The lowest BCUT2D eigenvalue weighted by Gasteiger charge is -2.33. The number of carbonyl (C=O) groups excluding carboxylic acids is 1. The summed E-state index contributed by atoms with van der Waals surface area (Å²) in [5.74, 6) is 0.385. The minimum Gasteiger partial charge on any atom is -0.854 e. The van der Waals surface area contributed by atoms with E-state index < -0.39 is 6.17 Å². The summed E-state index contributed by atoms with van der Waals surface area (Å²) in [5.41, 5.74) is 2.65. The van der Waals surface area contributed by atoms with E-state index in [1.54, 1.807) is 9.58 Å². The van der Waals surface area contributed by atoms with Crippen LogP contribution in [0.4, 0.5) is 5.69 Å². The molecular weight excluding hydrogens is 374 g/mol. The third kappa shape index (κ3) is 2.84. The molecule has 0 N–H and O–H groups in total. The quantitative estimate of drug-likeness (QED) is 0.500. The maximum Gasteiger partial charge on any atom is 0.307 e. The van der Waals surface area contributed by atoms with E-state index in [2.05, 4.69) is 10.1 Å². The molecule has 2 aromatic heterocycles. The number of rotatable bonds is 4. The SMILES string of the molecule is CCSc1nc([O-])c2[n+](n1)C(c1cccn1C)N(C(=O)CC)c1ccccc1-2. The van der Waals surface area contributed by atoms with Gasteiger partial charge in [0.2, 0.25) is 5.91 Å². The van der Waals surface area contributed by atoms with E-state index in [4.69, 9.17) is 0 Å². The van der Waals surface area contributed by atoms with Crippen LogP contribution in [0.15, 0.2) is 47.8 Å². The molecule has 28 heavy (non-hydrogen) atoms. The van der Waals surface area contributed by atoms with Crippen molar-refractivity contribution in [3.05, 3.63) is 48.3 Å². The van der Waals surface area contributed by atoms with Crippen molar-refractivity contribution in [1.29, 1.82) is 0 Å². The van der Waals surface area contributed by atoms with Crippen LogP contribution in [0.3, 0.4) is 0 Å². The molecule has 1 amide bonds. The molecule has 1 unspecified atom stereocenters. The molecule has 3 heterocycles. The molecule has 0 radical (unpaired) electrons. The maximum atomic E-state index is 13.0. The predicted octanol–water partition coefficient (Wildman–Crippen LogP) is 2.26. The van der Waals surface area contributed by atoms with Crippen molar-refractivity contribution < 1.29 is 14.6 Å². The van der Waals surface area contributed by atoms with E-state index in [-0.39, 0.29) is 11.8 Å². The van der Waals surface area contributed by atoms with Gasteiger partial charge in [0.15, 0.2) is 0 Å². The van der Waals surface area contributed by atoms with Gasteiger partial charge in [0.1, 0.15) is 5.69 Å². The van der Waals surface area contributed by atoms with Crippen molar-refractivity contribution in [3.63, 3.8) is 0 Å². The fourth-order valence-corrected chi connectivity index (χ4v) is 4.13. The molecule has 0 saturated heterocycles. The first kappa shape index (κ1) is 18.5. The number of thioether (sulfide) groups is 1. The Bertz CT molecular complexity index is 1050. The van der Waals surface area contributed by atoms with E-state index in [1.165, 1.54) is 11.8 Å². The predicted molar refractivity (Wildman–Crippen MR) is 105 cm³/mol. The molecule has 1 aliphatic heterocycles. The standard InChI is InChI=1S/C20H21N5O2S/c1-4-16(26)24-14-10-7-6-9-13(14)17-18(27)21-20(28-5-2)22-25(17)19(24)15-11-8-12-23(15)3/h6-12,19H,4-5H2,1-3H3. The molecule has 7 nitrogen and oxygen atoms in total. The van der Waals surface area contributed by atoms with Gasteiger partial charge >= 0.3 is 6.17 Å². The van der Waals surface area contributed by atoms with Crippen LogP contribution in [0.1, 0.15) is 32.1 Å². The van der Waals surface area contributed by atoms with Gasteiger partial charge in [-0.15, -0.1) is 0 Å². The second-order valence-corrected chi connectivity index (χ2v) is 7.71. The van der Waals surface area contributed by atoms with Gasteiger partial charge in [-0.3, -0.25) is 4.79 Å². The Balaban J connectivity index is 2.06. The Morgan fingerprint density at radius 1 is 1.25 bits per heavy atom. The summed E-state index contributed by atoms with van der Waals surface area (Å²) in [6, 6.07) is 11.3. The van der Waals surface area contributed by atoms with Gasteiger partial charge in [-0.25, -0.2) is 9.88 Å². The van der Waals surface area contributed by atoms with Crippen LogP contribution in [-0.4, -0.2) is 26.3 Å².